The molecular formula is C8H7FN4. The number of benzene rings is 1. The predicted octanol–water partition coefficient (Wildman–Crippen LogP) is 1.31. The van der Waals surface area contributed by atoms with E-state index in [1.165, 1.54) is 6.07 Å². The molecule has 2 aromatic rings. The molecule has 0 aliphatic heterocycles. The monoisotopic (exact) mass is 178 g/mol. The summed E-state index contributed by atoms with van der Waals surface area (Å²) in [5, 5.41) is 13.0. The van der Waals surface area contributed by atoms with Gasteiger partial charge < -0.3 is 0 Å². The topological polar surface area (TPSA) is 54.5 Å². The fraction of sp³-hybridized carbons (Fsp3) is 0.125. The van der Waals surface area contributed by atoms with Crippen molar-refractivity contribution in [2.75, 3.05) is 0 Å². The Balaban J connectivity index is 2.53. The van der Waals surface area contributed by atoms with Crippen molar-refractivity contribution in [2.24, 2.45) is 0 Å². The van der Waals surface area contributed by atoms with Crippen LogP contribution in [0.15, 0.2) is 18.2 Å². The van der Waals surface area contributed by atoms with Crippen LogP contribution in [-0.2, 0) is 0 Å². The Morgan fingerprint density at radius 3 is 2.85 bits per heavy atom. The molecule has 1 aromatic carbocycles. The van der Waals surface area contributed by atoms with E-state index in [4.69, 9.17) is 0 Å². The first-order valence-corrected chi connectivity index (χ1v) is 3.77. The Morgan fingerprint density at radius 2 is 2.23 bits per heavy atom. The number of nitrogens with zero attached hydrogens (tertiary/aromatic N) is 3. The Bertz CT molecular complexity index is 410. The normalized spacial score (nSPS) is 10.3. The number of tetrazole rings is 1. The van der Waals surface area contributed by atoms with Crippen LogP contribution < -0.4 is 0 Å². The van der Waals surface area contributed by atoms with Crippen LogP contribution >= 0.6 is 0 Å². The van der Waals surface area contributed by atoms with Gasteiger partial charge in [-0.2, -0.15) is 5.21 Å². The Labute approximate surface area is 73.8 Å². The van der Waals surface area contributed by atoms with Gasteiger partial charge in [-0.3, -0.25) is 0 Å². The molecule has 0 spiro atoms. The highest BCUT2D eigenvalue weighted by Gasteiger charge is 2.08. The summed E-state index contributed by atoms with van der Waals surface area (Å²) in [5.74, 6) is -0.0566. The van der Waals surface area contributed by atoms with Crippen molar-refractivity contribution >= 4 is 0 Å². The quantitative estimate of drug-likeness (QED) is 0.716. The molecular weight excluding hydrogens is 171 g/mol. The van der Waals surface area contributed by atoms with Gasteiger partial charge in [-0.15, -0.1) is 10.2 Å². The number of hydrogen-bond acceptors (Lipinski definition) is 3. The molecule has 0 atom stereocenters. The molecule has 2 rings (SSSR count). The molecule has 1 heterocycles. The summed E-state index contributed by atoms with van der Waals surface area (Å²) in [6.07, 6.45) is 0. The van der Waals surface area contributed by atoms with E-state index in [2.05, 4.69) is 20.6 Å². The number of rotatable bonds is 1. The molecule has 66 valence electrons. The molecule has 1 aromatic heterocycles. The zero-order chi connectivity index (χ0) is 9.26. The van der Waals surface area contributed by atoms with Gasteiger partial charge in [0.05, 0.1) is 5.56 Å². The lowest BCUT2D eigenvalue weighted by Crippen LogP contribution is -1.87. The van der Waals surface area contributed by atoms with Crippen molar-refractivity contribution in [3.8, 4) is 11.4 Å². The number of hydrogen-bond donors (Lipinski definition) is 1. The standard InChI is InChI=1S/C8H7FN4/c1-5-2-3-6(7(9)4-5)8-10-12-13-11-8/h2-4H,1H3,(H,10,11,12,13). The molecule has 0 aliphatic rings. The molecule has 0 bridgehead atoms. The largest absolute Gasteiger partial charge is 0.207 e. The maximum Gasteiger partial charge on any atom is 0.207 e. The second-order valence-electron chi connectivity index (χ2n) is 2.72. The highest BCUT2D eigenvalue weighted by molar-refractivity contribution is 5.55. The molecule has 0 radical (unpaired) electrons. The van der Waals surface area contributed by atoms with Crippen LogP contribution in [0.4, 0.5) is 4.39 Å². The Morgan fingerprint density at radius 1 is 1.38 bits per heavy atom. The first-order valence-electron chi connectivity index (χ1n) is 3.77. The van der Waals surface area contributed by atoms with Gasteiger partial charge in [-0.05, 0) is 29.8 Å². The molecule has 0 saturated heterocycles. The third-order valence-electron chi connectivity index (χ3n) is 1.71. The molecule has 13 heavy (non-hydrogen) atoms. The van der Waals surface area contributed by atoms with Gasteiger partial charge >= 0.3 is 0 Å². The molecule has 0 amide bonds. The van der Waals surface area contributed by atoms with E-state index >= 15 is 0 Å². The van der Waals surface area contributed by atoms with E-state index in [0.29, 0.717) is 5.56 Å². The van der Waals surface area contributed by atoms with Crippen LogP contribution in [0.3, 0.4) is 0 Å². The zero-order valence-electron chi connectivity index (χ0n) is 6.95. The summed E-state index contributed by atoms with van der Waals surface area (Å²) in [7, 11) is 0. The van der Waals surface area contributed by atoms with E-state index in [9.17, 15) is 4.39 Å². The van der Waals surface area contributed by atoms with Gasteiger partial charge in [0, 0.05) is 0 Å². The molecule has 0 saturated carbocycles. The maximum atomic E-state index is 13.3. The van der Waals surface area contributed by atoms with E-state index in [1.807, 2.05) is 6.92 Å². The van der Waals surface area contributed by atoms with Gasteiger partial charge in [0.25, 0.3) is 0 Å². The van der Waals surface area contributed by atoms with Crippen LogP contribution in [0.25, 0.3) is 11.4 Å². The Hall–Kier alpha value is -1.78. The number of aromatic nitrogens is 4. The maximum absolute atomic E-state index is 13.3. The molecule has 0 unspecified atom stereocenters. The summed E-state index contributed by atoms with van der Waals surface area (Å²) in [6, 6.07) is 4.87. The van der Waals surface area contributed by atoms with Crippen LogP contribution in [0.2, 0.25) is 0 Å². The molecule has 0 aliphatic carbocycles. The number of aromatic amines is 1. The van der Waals surface area contributed by atoms with Crippen molar-refractivity contribution in [3.05, 3.63) is 29.6 Å². The lowest BCUT2D eigenvalue weighted by atomic mass is 10.1. The van der Waals surface area contributed by atoms with Crippen LogP contribution in [0.1, 0.15) is 5.56 Å². The SMILES string of the molecule is Cc1ccc(-c2nn[nH]n2)c(F)c1. The highest BCUT2D eigenvalue weighted by Crippen LogP contribution is 2.18. The van der Waals surface area contributed by atoms with E-state index in [1.54, 1.807) is 12.1 Å². The number of aryl methyl sites for hydroxylation is 1. The van der Waals surface area contributed by atoms with Crippen molar-refractivity contribution in [1.29, 1.82) is 0 Å². The van der Waals surface area contributed by atoms with E-state index < -0.39 is 0 Å². The van der Waals surface area contributed by atoms with Crippen LogP contribution in [0.5, 0.6) is 0 Å². The third-order valence-corrected chi connectivity index (χ3v) is 1.71. The minimum Gasteiger partial charge on any atom is -0.206 e. The van der Waals surface area contributed by atoms with E-state index in [0.717, 1.165) is 5.56 Å². The van der Waals surface area contributed by atoms with Gasteiger partial charge in [0.1, 0.15) is 5.82 Å². The van der Waals surface area contributed by atoms with Crippen molar-refractivity contribution < 1.29 is 4.39 Å². The summed E-state index contributed by atoms with van der Waals surface area (Å²) in [5.41, 5.74) is 1.23. The minimum absolute atomic E-state index is 0.275. The first kappa shape index (κ1) is 7.85. The average Bonchev–Trinajstić information content (AvgIpc) is 2.56. The fourth-order valence-electron chi connectivity index (χ4n) is 1.08. The highest BCUT2D eigenvalue weighted by atomic mass is 19.1. The van der Waals surface area contributed by atoms with Crippen molar-refractivity contribution in [1.82, 2.24) is 20.6 Å². The minimum atomic E-state index is -0.332. The second-order valence-corrected chi connectivity index (χ2v) is 2.72. The Kier molecular flexibility index (Phi) is 1.77. The molecule has 1 N–H and O–H groups in total. The van der Waals surface area contributed by atoms with Gasteiger partial charge in [-0.25, -0.2) is 4.39 Å². The summed E-state index contributed by atoms with van der Waals surface area (Å²) >= 11 is 0. The van der Waals surface area contributed by atoms with Crippen molar-refractivity contribution in [3.63, 3.8) is 0 Å². The number of halogens is 1. The van der Waals surface area contributed by atoms with Crippen molar-refractivity contribution in [2.45, 2.75) is 6.92 Å². The summed E-state index contributed by atoms with van der Waals surface area (Å²) in [4.78, 5) is 0. The number of nitrogens with one attached hydrogen (secondary N) is 1. The van der Waals surface area contributed by atoms with Crippen LogP contribution in [-0.4, -0.2) is 20.6 Å². The second kappa shape index (κ2) is 2.93. The summed E-state index contributed by atoms with van der Waals surface area (Å²) < 4.78 is 13.3. The van der Waals surface area contributed by atoms with Gasteiger partial charge in [-0.1, -0.05) is 6.07 Å². The molecule has 4 nitrogen and oxygen atoms in total. The third kappa shape index (κ3) is 1.40. The number of H-pyrrole nitrogens is 1. The zero-order valence-corrected chi connectivity index (χ0v) is 6.95. The van der Waals surface area contributed by atoms with Crippen LogP contribution in [0, 0.1) is 12.7 Å². The van der Waals surface area contributed by atoms with E-state index in [-0.39, 0.29) is 11.6 Å². The molecule has 0 fully saturated rings. The lowest BCUT2D eigenvalue weighted by molar-refractivity contribution is 0.629. The van der Waals surface area contributed by atoms with Gasteiger partial charge in [0.15, 0.2) is 0 Å². The predicted molar refractivity (Wildman–Crippen MR) is 44.3 cm³/mol. The lowest BCUT2D eigenvalue weighted by Gasteiger charge is -1.97. The first-order chi connectivity index (χ1) is 6.27. The average molecular weight is 178 g/mol. The fourth-order valence-corrected chi connectivity index (χ4v) is 1.08. The molecule has 5 heteroatoms. The summed E-state index contributed by atoms with van der Waals surface area (Å²) in [6.45, 7) is 1.82. The van der Waals surface area contributed by atoms with Gasteiger partial charge in [0.2, 0.25) is 5.82 Å². The smallest absolute Gasteiger partial charge is 0.206 e.